The lowest BCUT2D eigenvalue weighted by atomic mass is 9.91. The number of carbonyl (C=O) groups is 1. The summed E-state index contributed by atoms with van der Waals surface area (Å²) in [6, 6.07) is 0. The molecule has 0 aromatic heterocycles. The van der Waals surface area contributed by atoms with Crippen LogP contribution in [0.3, 0.4) is 0 Å². The zero-order valence-electron chi connectivity index (χ0n) is 13.7. The van der Waals surface area contributed by atoms with Gasteiger partial charge < -0.3 is 14.9 Å². The smallest absolute Gasteiger partial charge is 0.306 e. The van der Waals surface area contributed by atoms with Crippen molar-refractivity contribution in [2.24, 2.45) is 11.8 Å². The number of ether oxygens (including phenoxy) is 1. The predicted octanol–water partition coefficient (Wildman–Crippen LogP) is 2.82. The first-order valence-electron chi connectivity index (χ1n) is 8.00. The molecular formula is C17H30O4. The lowest BCUT2D eigenvalue weighted by Gasteiger charge is -2.25. The van der Waals surface area contributed by atoms with E-state index in [0.717, 1.165) is 19.3 Å². The highest BCUT2D eigenvalue weighted by atomic mass is 16.5. The Bertz CT molecular complexity index is 362. The fourth-order valence-corrected chi connectivity index (χ4v) is 2.48. The van der Waals surface area contributed by atoms with E-state index in [-0.39, 0.29) is 24.4 Å². The molecule has 0 fully saturated rings. The molecule has 21 heavy (non-hydrogen) atoms. The molecule has 2 N–H and O–H groups in total. The Morgan fingerprint density at radius 3 is 2.52 bits per heavy atom. The summed E-state index contributed by atoms with van der Waals surface area (Å²) in [6.07, 6.45) is 5.94. The summed E-state index contributed by atoms with van der Waals surface area (Å²) in [4.78, 5) is 11.8. The summed E-state index contributed by atoms with van der Waals surface area (Å²) in [7, 11) is 0. The third-order valence-electron chi connectivity index (χ3n) is 4.51. The van der Waals surface area contributed by atoms with Gasteiger partial charge in [-0.1, -0.05) is 32.4 Å². The molecule has 0 saturated carbocycles. The highest BCUT2D eigenvalue weighted by molar-refractivity contribution is 5.69. The van der Waals surface area contributed by atoms with E-state index in [2.05, 4.69) is 6.92 Å². The molecule has 0 amide bonds. The van der Waals surface area contributed by atoms with Gasteiger partial charge in [0.05, 0.1) is 11.7 Å². The number of carbonyl (C=O) groups excluding carboxylic acids is 1. The third-order valence-corrected chi connectivity index (χ3v) is 4.51. The van der Waals surface area contributed by atoms with E-state index in [9.17, 15) is 15.0 Å². The van der Waals surface area contributed by atoms with Gasteiger partial charge in [0.15, 0.2) is 0 Å². The molecule has 5 unspecified atom stereocenters. The minimum atomic E-state index is -1.10. The van der Waals surface area contributed by atoms with E-state index in [0.29, 0.717) is 12.3 Å². The largest absolute Gasteiger partial charge is 0.462 e. The quantitative estimate of drug-likeness (QED) is 0.533. The first-order valence-corrected chi connectivity index (χ1v) is 8.00. The fourth-order valence-electron chi connectivity index (χ4n) is 2.48. The van der Waals surface area contributed by atoms with Gasteiger partial charge in [-0.25, -0.2) is 0 Å². The summed E-state index contributed by atoms with van der Waals surface area (Å²) in [5.41, 5.74) is -1.10. The fraction of sp³-hybridized carbons (Fsp3) is 0.824. The molecule has 0 spiro atoms. The Morgan fingerprint density at radius 2 is 1.86 bits per heavy atom. The highest BCUT2D eigenvalue weighted by Gasteiger charge is 2.23. The number of cyclic esters (lactones) is 1. The maximum atomic E-state index is 11.8. The number of hydrogen-bond acceptors (Lipinski definition) is 4. The minimum absolute atomic E-state index is 0.110. The van der Waals surface area contributed by atoms with Gasteiger partial charge in [-0.3, -0.25) is 4.79 Å². The molecular weight excluding hydrogens is 268 g/mol. The number of aliphatic hydroxyl groups is 2. The maximum absolute atomic E-state index is 11.8. The molecule has 4 heteroatoms. The molecule has 0 aromatic carbocycles. The van der Waals surface area contributed by atoms with Gasteiger partial charge >= 0.3 is 5.97 Å². The Morgan fingerprint density at radius 1 is 1.24 bits per heavy atom. The first kappa shape index (κ1) is 18.2. The molecule has 5 atom stereocenters. The zero-order valence-corrected chi connectivity index (χ0v) is 13.7. The SMILES string of the molecule is CC1CCCC(C)C(C)OC(=O)CCC(C)(O)C=CC1O. The van der Waals surface area contributed by atoms with Gasteiger partial charge in [-0.15, -0.1) is 0 Å². The van der Waals surface area contributed by atoms with Crippen molar-refractivity contribution in [1.82, 2.24) is 0 Å². The van der Waals surface area contributed by atoms with Crippen LogP contribution in [-0.2, 0) is 9.53 Å². The lowest BCUT2D eigenvalue weighted by molar-refractivity contribution is -0.151. The van der Waals surface area contributed by atoms with Crippen molar-refractivity contribution in [1.29, 1.82) is 0 Å². The second-order valence-electron chi connectivity index (χ2n) is 6.79. The summed E-state index contributed by atoms with van der Waals surface area (Å²) in [5.74, 6) is 0.191. The van der Waals surface area contributed by atoms with Crippen molar-refractivity contribution in [3.63, 3.8) is 0 Å². The summed E-state index contributed by atoms with van der Waals surface area (Å²) >= 11 is 0. The van der Waals surface area contributed by atoms with Crippen LogP contribution in [0, 0.1) is 11.8 Å². The molecule has 1 heterocycles. The average Bonchev–Trinajstić information content (AvgIpc) is 2.41. The van der Waals surface area contributed by atoms with Crippen molar-refractivity contribution in [2.45, 2.75) is 77.6 Å². The molecule has 0 aliphatic carbocycles. The van der Waals surface area contributed by atoms with Crippen molar-refractivity contribution in [3.05, 3.63) is 12.2 Å². The molecule has 4 nitrogen and oxygen atoms in total. The Labute approximate surface area is 128 Å². The van der Waals surface area contributed by atoms with Crippen LogP contribution in [0.4, 0.5) is 0 Å². The summed E-state index contributed by atoms with van der Waals surface area (Å²) in [6.45, 7) is 7.67. The molecule has 1 aliphatic rings. The van der Waals surface area contributed by atoms with Crippen molar-refractivity contribution in [3.8, 4) is 0 Å². The predicted molar refractivity (Wildman–Crippen MR) is 82.7 cm³/mol. The van der Waals surface area contributed by atoms with Crippen LogP contribution in [0.5, 0.6) is 0 Å². The Hall–Kier alpha value is -0.870. The average molecular weight is 298 g/mol. The monoisotopic (exact) mass is 298 g/mol. The molecule has 0 aromatic rings. The number of aliphatic hydroxyl groups excluding tert-OH is 1. The van der Waals surface area contributed by atoms with Crippen LogP contribution >= 0.6 is 0 Å². The normalized spacial score (nSPS) is 40.4. The van der Waals surface area contributed by atoms with E-state index in [4.69, 9.17) is 4.74 Å². The van der Waals surface area contributed by atoms with Crippen LogP contribution in [0.1, 0.15) is 59.8 Å². The van der Waals surface area contributed by atoms with Gasteiger partial charge in [0.1, 0.15) is 6.10 Å². The second-order valence-corrected chi connectivity index (χ2v) is 6.79. The molecule has 1 rings (SSSR count). The first-order chi connectivity index (χ1) is 9.71. The standard InChI is InChI=1S/C17H30O4/c1-12-6-5-7-13(2)15(18)8-10-17(4,20)11-9-16(19)21-14(12)3/h8,10,12-15,18,20H,5-7,9,11H2,1-4H3. The molecule has 0 bridgehead atoms. The molecule has 0 radical (unpaired) electrons. The van der Waals surface area contributed by atoms with Gasteiger partial charge in [0.25, 0.3) is 0 Å². The van der Waals surface area contributed by atoms with E-state index in [1.807, 2.05) is 13.8 Å². The summed E-state index contributed by atoms with van der Waals surface area (Å²) in [5, 5.41) is 20.3. The van der Waals surface area contributed by atoms with Crippen LogP contribution in [0.25, 0.3) is 0 Å². The summed E-state index contributed by atoms with van der Waals surface area (Å²) < 4.78 is 5.43. The third kappa shape index (κ3) is 6.62. The topological polar surface area (TPSA) is 66.8 Å². The van der Waals surface area contributed by atoms with Crippen LogP contribution in [0.2, 0.25) is 0 Å². The molecule has 1 aliphatic heterocycles. The molecule has 122 valence electrons. The second kappa shape index (κ2) is 7.95. The van der Waals surface area contributed by atoms with E-state index in [1.165, 1.54) is 0 Å². The van der Waals surface area contributed by atoms with Gasteiger partial charge in [0.2, 0.25) is 0 Å². The Kier molecular flexibility index (Phi) is 6.88. The van der Waals surface area contributed by atoms with Crippen molar-refractivity contribution in [2.75, 3.05) is 0 Å². The van der Waals surface area contributed by atoms with Gasteiger partial charge in [-0.05, 0) is 44.9 Å². The maximum Gasteiger partial charge on any atom is 0.306 e. The zero-order chi connectivity index (χ0) is 16.0. The van der Waals surface area contributed by atoms with E-state index >= 15 is 0 Å². The van der Waals surface area contributed by atoms with E-state index in [1.54, 1.807) is 19.1 Å². The lowest BCUT2D eigenvalue weighted by Crippen LogP contribution is -2.27. The van der Waals surface area contributed by atoms with Gasteiger partial charge in [0, 0.05) is 6.42 Å². The van der Waals surface area contributed by atoms with Crippen LogP contribution in [0.15, 0.2) is 12.2 Å². The number of rotatable bonds is 0. The van der Waals surface area contributed by atoms with Gasteiger partial charge in [-0.2, -0.15) is 0 Å². The molecule has 0 saturated heterocycles. The van der Waals surface area contributed by atoms with Crippen LogP contribution < -0.4 is 0 Å². The number of hydrogen-bond donors (Lipinski definition) is 2. The van der Waals surface area contributed by atoms with Crippen LogP contribution in [-0.4, -0.2) is 34.0 Å². The van der Waals surface area contributed by atoms with Crippen molar-refractivity contribution < 1.29 is 19.7 Å². The van der Waals surface area contributed by atoms with E-state index < -0.39 is 11.7 Å². The van der Waals surface area contributed by atoms with Crippen molar-refractivity contribution >= 4 is 5.97 Å². The minimum Gasteiger partial charge on any atom is -0.462 e. The highest BCUT2D eigenvalue weighted by Crippen LogP contribution is 2.23. The number of esters is 1. The Balaban J connectivity index is 2.78.